The van der Waals surface area contributed by atoms with E-state index in [1.807, 2.05) is 0 Å². The smallest absolute Gasteiger partial charge is 0.321 e. The summed E-state index contributed by atoms with van der Waals surface area (Å²) in [5, 5.41) is -0.0776. The molecule has 8 heteroatoms. The fourth-order valence-electron chi connectivity index (χ4n) is 1.85. The summed E-state index contributed by atoms with van der Waals surface area (Å²) in [4.78, 5) is 36.1. The van der Waals surface area contributed by atoms with E-state index in [0.29, 0.717) is 6.42 Å². The van der Waals surface area contributed by atoms with Gasteiger partial charge in [-0.25, -0.2) is 0 Å². The minimum Gasteiger partial charge on any atom is -0.321 e. The predicted molar refractivity (Wildman–Crippen MR) is 79.0 cm³/mol. The van der Waals surface area contributed by atoms with Gasteiger partial charge in [0.1, 0.15) is 0 Å². The molecule has 4 N–H and O–H groups in total. The summed E-state index contributed by atoms with van der Waals surface area (Å²) >= 11 is 0. The highest BCUT2D eigenvalue weighted by atomic mass is 31.2. The molecule has 2 aromatic carbocycles. The Kier molecular flexibility index (Phi) is 4.49. The summed E-state index contributed by atoms with van der Waals surface area (Å²) < 4.78 is 22.1. The van der Waals surface area contributed by atoms with Crippen molar-refractivity contribution in [3.05, 3.63) is 59.7 Å². The van der Waals surface area contributed by atoms with Crippen LogP contribution in [0.3, 0.4) is 0 Å². The molecule has 0 saturated carbocycles. The van der Waals surface area contributed by atoms with Crippen molar-refractivity contribution in [1.82, 2.24) is 0 Å². The summed E-state index contributed by atoms with van der Waals surface area (Å²) in [5.41, 5.74) is 1.69. The first-order valence-corrected chi connectivity index (χ1v) is 9.19. The van der Waals surface area contributed by atoms with Crippen LogP contribution in [-0.4, -0.2) is 19.6 Å². The molecule has 0 bridgehead atoms. The molecular weight excluding hydrogens is 314 g/mol. The molecule has 6 nitrogen and oxygen atoms in total. The molecule has 0 fully saturated rings. The van der Waals surface area contributed by atoms with Crippen molar-refractivity contribution in [3.8, 4) is 0 Å². The molecule has 0 heterocycles. The van der Waals surface area contributed by atoms with Gasteiger partial charge >= 0.3 is 15.2 Å². The molecule has 0 unspecified atom stereocenters. The Bertz CT molecular complexity index is 648. The van der Waals surface area contributed by atoms with Crippen molar-refractivity contribution in [2.24, 2.45) is 0 Å². The van der Waals surface area contributed by atoms with Gasteiger partial charge in [-0.1, -0.05) is 24.3 Å². The largest absolute Gasteiger partial charge is 0.356 e. The van der Waals surface area contributed by atoms with Crippen LogP contribution in [0, 0.1) is 0 Å². The standard InChI is InChI=1S/C13H14O6P2/c14-20(15,16)12-5-1-10(2-6-12)9-11-3-7-13(8-4-11)21(17,18)19/h1-8H,9H2,(H2,14,15,16)(H2,17,18,19). The van der Waals surface area contributed by atoms with Gasteiger partial charge in [0.15, 0.2) is 0 Å². The fourth-order valence-corrected chi connectivity index (χ4v) is 2.93. The van der Waals surface area contributed by atoms with Crippen LogP contribution in [0.2, 0.25) is 0 Å². The third kappa shape index (κ3) is 4.35. The Morgan fingerprint density at radius 1 is 0.619 bits per heavy atom. The van der Waals surface area contributed by atoms with Crippen LogP contribution in [0.1, 0.15) is 11.1 Å². The van der Waals surface area contributed by atoms with E-state index in [2.05, 4.69) is 0 Å². The Hall–Kier alpha value is -1.26. The highest BCUT2D eigenvalue weighted by molar-refractivity contribution is 7.60. The first kappa shape index (κ1) is 16.1. The quantitative estimate of drug-likeness (QED) is 0.620. The second kappa shape index (κ2) is 5.85. The Morgan fingerprint density at radius 3 is 1.14 bits per heavy atom. The van der Waals surface area contributed by atoms with Gasteiger partial charge in [-0.2, -0.15) is 0 Å². The summed E-state index contributed by atoms with van der Waals surface area (Å²) in [7, 11) is -8.46. The highest BCUT2D eigenvalue weighted by Gasteiger charge is 2.17. The van der Waals surface area contributed by atoms with Crippen LogP contribution < -0.4 is 10.6 Å². The molecule has 2 aromatic rings. The van der Waals surface area contributed by atoms with Gasteiger partial charge in [0.05, 0.1) is 10.6 Å². The van der Waals surface area contributed by atoms with Gasteiger partial charge in [0.25, 0.3) is 0 Å². The van der Waals surface area contributed by atoms with Crippen LogP contribution in [-0.2, 0) is 15.6 Å². The van der Waals surface area contributed by atoms with E-state index in [9.17, 15) is 9.13 Å². The Balaban J connectivity index is 2.15. The van der Waals surface area contributed by atoms with Gasteiger partial charge in [-0.3, -0.25) is 9.13 Å². The lowest BCUT2D eigenvalue weighted by atomic mass is 10.1. The lowest BCUT2D eigenvalue weighted by Gasteiger charge is -2.07. The minimum atomic E-state index is -4.23. The summed E-state index contributed by atoms with van der Waals surface area (Å²) in [6.45, 7) is 0. The van der Waals surface area contributed by atoms with Gasteiger partial charge < -0.3 is 19.6 Å². The van der Waals surface area contributed by atoms with E-state index in [0.717, 1.165) is 11.1 Å². The lowest BCUT2D eigenvalue weighted by Crippen LogP contribution is -2.05. The maximum absolute atomic E-state index is 11.1. The molecule has 0 aliphatic heterocycles. The van der Waals surface area contributed by atoms with Crippen LogP contribution in [0.25, 0.3) is 0 Å². The van der Waals surface area contributed by atoms with E-state index in [4.69, 9.17) is 19.6 Å². The highest BCUT2D eigenvalue weighted by Crippen LogP contribution is 2.34. The summed E-state index contributed by atoms with van der Waals surface area (Å²) in [6.07, 6.45) is 0.503. The zero-order chi connectivity index (χ0) is 15.7. The molecule has 0 radical (unpaired) electrons. The third-order valence-corrected chi connectivity index (χ3v) is 4.90. The first-order chi connectivity index (χ1) is 9.66. The van der Waals surface area contributed by atoms with Crippen LogP contribution >= 0.6 is 15.2 Å². The van der Waals surface area contributed by atoms with Crippen molar-refractivity contribution in [1.29, 1.82) is 0 Å². The first-order valence-electron chi connectivity index (χ1n) is 5.96. The summed E-state index contributed by atoms with van der Waals surface area (Å²) in [6, 6.07) is 12.0. The van der Waals surface area contributed by atoms with Crippen LogP contribution in [0.4, 0.5) is 0 Å². The van der Waals surface area contributed by atoms with Crippen LogP contribution in [0.15, 0.2) is 48.5 Å². The van der Waals surface area contributed by atoms with E-state index >= 15 is 0 Å². The van der Waals surface area contributed by atoms with Crippen molar-refractivity contribution in [3.63, 3.8) is 0 Å². The van der Waals surface area contributed by atoms with E-state index in [-0.39, 0.29) is 10.6 Å². The summed E-state index contributed by atoms with van der Waals surface area (Å²) in [5.74, 6) is 0. The molecular formula is C13H14O6P2. The maximum Gasteiger partial charge on any atom is 0.356 e. The second-order valence-corrected chi connectivity index (χ2v) is 7.81. The molecule has 0 aliphatic rings. The van der Waals surface area contributed by atoms with E-state index < -0.39 is 15.2 Å². The van der Waals surface area contributed by atoms with Crippen molar-refractivity contribution >= 4 is 25.8 Å². The number of rotatable bonds is 4. The van der Waals surface area contributed by atoms with Gasteiger partial charge in [0.2, 0.25) is 0 Å². The average molecular weight is 328 g/mol. The molecule has 0 aromatic heterocycles. The van der Waals surface area contributed by atoms with Gasteiger partial charge in [-0.15, -0.1) is 0 Å². The van der Waals surface area contributed by atoms with E-state index in [1.54, 1.807) is 24.3 Å². The Labute approximate surface area is 121 Å². The fraction of sp³-hybridized carbons (Fsp3) is 0.0769. The molecule has 2 rings (SSSR count). The number of hydrogen-bond acceptors (Lipinski definition) is 2. The monoisotopic (exact) mass is 328 g/mol. The molecule has 0 saturated heterocycles. The normalized spacial score (nSPS) is 12.4. The molecule has 0 amide bonds. The lowest BCUT2D eigenvalue weighted by molar-refractivity contribution is 0.385. The predicted octanol–water partition coefficient (Wildman–Crippen LogP) is 0.883. The van der Waals surface area contributed by atoms with E-state index in [1.165, 1.54) is 24.3 Å². The Morgan fingerprint density at radius 2 is 0.905 bits per heavy atom. The third-order valence-electron chi connectivity index (χ3n) is 2.95. The second-order valence-electron chi connectivity index (χ2n) is 4.60. The SMILES string of the molecule is O=P(O)(O)c1ccc(Cc2ccc(P(=O)(O)O)cc2)cc1. The topological polar surface area (TPSA) is 115 Å². The number of benzene rings is 2. The van der Waals surface area contributed by atoms with Crippen molar-refractivity contribution in [2.75, 3.05) is 0 Å². The van der Waals surface area contributed by atoms with Gasteiger partial charge in [0, 0.05) is 0 Å². The molecule has 0 aliphatic carbocycles. The average Bonchev–Trinajstić information content (AvgIpc) is 2.38. The zero-order valence-corrected chi connectivity index (χ0v) is 12.6. The van der Waals surface area contributed by atoms with Crippen LogP contribution in [0.5, 0.6) is 0 Å². The molecule has 0 spiro atoms. The van der Waals surface area contributed by atoms with Crippen molar-refractivity contribution < 1.29 is 28.7 Å². The maximum atomic E-state index is 11.1. The zero-order valence-electron chi connectivity index (χ0n) is 10.8. The van der Waals surface area contributed by atoms with Gasteiger partial charge in [-0.05, 0) is 41.8 Å². The number of hydrogen-bond donors (Lipinski definition) is 4. The van der Waals surface area contributed by atoms with Crippen molar-refractivity contribution in [2.45, 2.75) is 6.42 Å². The molecule has 112 valence electrons. The molecule has 21 heavy (non-hydrogen) atoms. The minimum absolute atomic E-state index is 0.0388. The molecule has 0 atom stereocenters.